The lowest BCUT2D eigenvalue weighted by atomic mass is 9.96. The van der Waals surface area contributed by atoms with E-state index >= 15 is 0 Å². The maximum atomic E-state index is 14.6. The lowest BCUT2D eigenvalue weighted by molar-refractivity contribution is -0.143. The highest BCUT2D eigenvalue weighted by Gasteiger charge is 2.38. The van der Waals surface area contributed by atoms with Crippen molar-refractivity contribution in [3.05, 3.63) is 29.8 Å². The third-order valence-electron chi connectivity index (χ3n) is 14.5. The summed E-state index contributed by atoms with van der Waals surface area (Å²) < 4.78 is 0. The number of benzene rings is 1. The second kappa shape index (κ2) is 41.4. The molecule has 12 atom stereocenters. The van der Waals surface area contributed by atoms with Crippen LogP contribution in [-0.4, -0.2) is 182 Å². The number of aromatic hydroxyl groups is 1. The Hall–Kier alpha value is -9.17. The van der Waals surface area contributed by atoms with Crippen LogP contribution in [0.4, 0.5) is 0 Å². The van der Waals surface area contributed by atoms with Crippen LogP contribution in [0.25, 0.3) is 0 Å². The number of carboxylic acid groups (broad SMARTS) is 3. The Morgan fingerprint density at radius 3 is 1.32 bits per heavy atom. The molecule has 0 aliphatic rings. The average Bonchev–Trinajstić information content (AvgIpc) is 0.870. The number of amides is 11. The summed E-state index contributed by atoms with van der Waals surface area (Å²) in [5, 5.41) is 64.0. The van der Waals surface area contributed by atoms with Crippen molar-refractivity contribution >= 4 is 88.8 Å². The van der Waals surface area contributed by atoms with Crippen LogP contribution < -0.4 is 76.1 Å². The molecule has 94 heavy (non-hydrogen) atoms. The van der Waals surface area contributed by atoms with Gasteiger partial charge in [0.1, 0.15) is 66.2 Å². The van der Waals surface area contributed by atoms with E-state index in [0.29, 0.717) is 12.0 Å². The van der Waals surface area contributed by atoms with Gasteiger partial charge in [-0.15, -0.1) is 0 Å². The van der Waals surface area contributed by atoms with E-state index in [4.69, 9.17) is 22.9 Å². The highest BCUT2D eigenvalue weighted by atomic mass is 16.4. The van der Waals surface area contributed by atoms with Gasteiger partial charge in [0, 0.05) is 19.4 Å². The third kappa shape index (κ3) is 32.4. The Balaban J connectivity index is 3.72. The zero-order valence-corrected chi connectivity index (χ0v) is 55.5. The first-order valence-corrected chi connectivity index (χ1v) is 31.3. The van der Waals surface area contributed by atoms with E-state index in [9.17, 15) is 87.5 Å². The monoisotopic (exact) mass is 1330 g/mol. The molecule has 1 aromatic rings. The van der Waals surface area contributed by atoms with Gasteiger partial charge in [0.2, 0.25) is 65.0 Å². The summed E-state index contributed by atoms with van der Waals surface area (Å²) in [5.41, 5.74) is 22.9. The van der Waals surface area contributed by atoms with Crippen LogP contribution >= 0.6 is 0 Å². The summed E-state index contributed by atoms with van der Waals surface area (Å²) in [6, 6.07) is -11.3. The Morgan fingerprint density at radius 1 is 0.447 bits per heavy atom. The van der Waals surface area contributed by atoms with Crippen LogP contribution in [0, 0.1) is 29.6 Å². The van der Waals surface area contributed by atoms with Crippen LogP contribution in [0.5, 0.6) is 5.75 Å². The maximum absolute atomic E-state index is 14.6. The second-order valence-electron chi connectivity index (χ2n) is 25.1. The average molecular weight is 1330 g/mol. The molecule has 1 rings (SSSR count). The predicted molar refractivity (Wildman–Crippen MR) is 343 cm³/mol. The molecule has 1 aromatic carbocycles. The molecule has 0 heterocycles. The summed E-state index contributed by atoms with van der Waals surface area (Å²) in [5.74, 6) is -17.7. The lowest BCUT2D eigenvalue weighted by Gasteiger charge is -2.30. The van der Waals surface area contributed by atoms with Crippen molar-refractivity contribution in [2.75, 3.05) is 6.54 Å². The molecule has 0 spiro atoms. The molecule has 0 saturated carbocycles. The van der Waals surface area contributed by atoms with Crippen LogP contribution in [-0.2, 0) is 73.5 Å². The number of nitrogens with two attached hydrogens (primary N) is 4. The quantitative estimate of drug-likeness (QED) is 0.0186. The van der Waals surface area contributed by atoms with Crippen LogP contribution in [0.2, 0.25) is 0 Å². The maximum Gasteiger partial charge on any atom is 0.326 e. The van der Waals surface area contributed by atoms with E-state index in [1.807, 2.05) is 13.8 Å². The molecule has 0 fully saturated rings. The van der Waals surface area contributed by atoms with Crippen LogP contribution in [0.3, 0.4) is 0 Å². The number of nitrogens with zero attached hydrogens (tertiary/aromatic N) is 1. The molecule has 22 N–H and O–H groups in total. The summed E-state index contributed by atoms with van der Waals surface area (Å²) in [4.78, 5) is 192. The molecule has 0 saturated heterocycles. The number of primary amides is 1. The largest absolute Gasteiger partial charge is 0.508 e. The Labute approximate surface area is 547 Å². The Kier molecular flexibility index (Phi) is 36.5. The molecule has 0 aliphatic heterocycles. The number of guanidine groups is 1. The van der Waals surface area contributed by atoms with Crippen molar-refractivity contribution in [2.45, 2.75) is 220 Å². The first-order chi connectivity index (χ1) is 43.7. The number of aliphatic carboxylic acids is 3. The molecule has 528 valence electrons. The number of rotatable bonds is 44. The van der Waals surface area contributed by atoms with Gasteiger partial charge in [-0.3, -0.25) is 67.3 Å². The molecular weight excluding hydrogens is 1230 g/mol. The van der Waals surface area contributed by atoms with Crippen molar-refractivity contribution in [1.29, 1.82) is 0 Å². The molecule has 0 bridgehead atoms. The molecular formula is C61H101N15O18. The zero-order valence-electron chi connectivity index (χ0n) is 55.5. The Bertz CT molecular complexity index is 2800. The summed E-state index contributed by atoms with van der Waals surface area (Å²) in [6.45, 7) is 18.4. The molecule has 0 unspecified atom stereocenters. The lowest BCUT2D eigenvalue weighted by Crippen LogP contribution is -2.62. The number of nitrogens with one attached hydrogen (secondary N) is 10. The molecule has 33 nitrogen and oxygen atoms in total. The first-order valence-electron chi connectivity index (χ1n) is 31.3. The minimum atomic E-state index is -2.06. The van der Waals surface area contributed by atoms with E-state index in [1.165, 1.54) is 38.1 Å². The molecule has 11 amide bonds. The summed E-state index contributed by atoms with van der Waals surface area (Å²) in [7, 11) is 0. The number of carbonyl (C=O) groups is 14. The third-order valence-corrected chi connectivity index (χ3v) is 14.5. The highest BCUT2D eigenvalue weighted by molar-refractivity contribution is 6.00. The summed E-state index contributed by atoms with van der Waals surface area (Å²) >= 11 is 0. The van der Waals surface area contributed by atoms with Crippen LogP contribution in [0.1, 0.15) is 152 Å². The standard InChI is InChI=1S/C61H101N15O18/c1-12-33(10)49(59(92)74-43(27-46(63)78)57(90)71-41(24-31(6)7)55(88)75-45(60(93)94)25-32(8)9)76-53(86)39(19-20-47(79)80)69-58(91)44(28-48(81)82)73-54(87)40(23-30(4)5)70-56(89)42(26-35-15-17-36(77)18-16-35)72-52(85)38(14-13-21-66-61(64)65)68-50(83)34(11)67-51(84)37(62)22-29(2)3/h15-18,29-34,37-45,49,77H,12-14,19-28,62H2,1-11H3,(H2,63,78)(H,67,84)(H,68,83)(H,69,91)(H,70,89)(H,71,90)(H,72,85)(H,73,87)(H,74,92)(H,75,88)(H,76,86)(H,79,80)(H,81,82)(H,93,94)(H4,64,65,66)/t33-,34-,37-,38-,39-,40-,41-,42-,43-,44-,45-,49-/m0/s1. The molecule has 0 aromatic heterocycles. The van der Waals surface area contributed by atoms with Crippen molar-refractivity contribution in [3.8, 4) is 5.75 Å². The number of carboxylic acids is 3. The number of phenolic OH excluding ortho intramolecular Hbond substituents is 1. The van der Waals surface area contributed by atoms with Crippen molar-refractivity contribution in [2.24, 2.45) is 57.5 Å². The van der Waals surface area contributed by atoms with Gasteiger partial charge in [0.25, 0.3) is 0 Å². The van der Waals surface area contributed by atoms with Crippen molar-refractivity contribution < 1.29 is 87.5 Å². The molecule has 0 radical (unpaired) electrons. The van der Waals surface area contributed by atoms with Gasteiger partial charge in [-0.05, 0) is 99.2 Å². The summed E-state index contributed by atoms with van der Waals surface area (Å²) in [6.07, 6.45) is -3.49. The normalized spacial score (nSPS) is 15.1. The topological polar surface area (TPSA) is 557 Å². The zero-order chi connectivity index (χ0) is 71.9. The van der Waals surface area contributed by atoms with Gasteiger partial charge < -0.3 is 96.5 Å². The molecule has 33 heteroatoms. The smallest absolute Gasteiger partial charge is 0.326 e. The number of carbonyl (C=O) groups excluding carboxylic acids is 11. The fourth-order valence-corrected chi connectivity index (χ4v) is 9.43. The minimum absolute atomic E-state index is 0.00560. The fourth-order valence-electron chi connectivity index (χ4n) is 9.43. The van der Waals surface area contributed by atoms with Crippen molar-refractivity contribution in [1.82, 2.24) is 53.2 Å². The van der Waals surface area contributed by atoms with Gasteiger partial charge in [-0.2, -0.15) is 0 Å². The van der Waals surface area contributed by atoms with E-state index in [0.717, 1.165) is 0 Å². The SMILES string of the molecule is CC[C@H](C)[C@H](NC(=O)[C@H](CCC(=O)O)NC(=O)[C@H](CC(=O)O)NC(=O)[C@H](CC(C)C)NC(=O)[C@H](Cc1ccc(O)cc1)NC(=O)[C@H](CCCN=C(N)N)NC(=O)[C@H](C)NC(=O)[C@@H](N)CC(C)C)C(=O)N[C@@H](CC(N)=O)C(=O)N[C@@H](CC(C)C)C(=O)N[C@@H](CC(C)C)C(=O)O. The molecule has 0 aliphatic carbocycles. The Morgan fingerprint density at radius 2 is 0.851 bits per heavy atom. The second-order valence-corrected chi connectivity index (χ2v) is 25.1. The van der Waals surface area contributed by atoms with E-state index in [2.05, 4.69) is 58.2 Å². The van der Waals surface area contributed by atoms with Gasteiger partial charge in [0.15, 0.2) is 5.96 Å². The van der Waals surface area contributed by atoms with Gasteiger partial charge >= 0.3 is 17.9 Å². The van der Waals surface area contributed by atoms with Gasteiger partial charge in [-0.25, -0.2) is 4.79 Å². The number of hydrogen-bond acceptors (Lipinski definition) is 17. The highest BCUT2D eigenvalue weighted by Crippen LogP contribution is 2.17. The minimum Gasteiger partial charge on any atom is -0.508 e. The van der Waals surface area contributed by atoms with Crippen LogP contribution in [0.15, 0.2) is 29.3 Å². The van der Waals surface area contributed by atoms with E-state index in [-0.39, 0.29) is 81.0 Å². The fraction of sp³-hybridized carbons (Fsp3) is 0.656. The first kappa shape index (κ1) is 82.8. The van der Waals surface area contributed by atoms with Gasteiger partial charge in [0.05, 0.1) is 18.9 Å². The van der Waals surface area contributed by atoms with E-state index in [1.54, 1.807) is 48.5 Å². The number of aliphatic imine (C=N–C) groups is 1. The van der Waals surface area contributed by atoms with Gasteiger partial charge in [-0.1, -0.05) is 87.8 Å². The van der Waals surface area contributed by atoms with Crippen molar-refractivity contribution in [3.63, 3.8) is 0 Å². The number of hydrogen-bond donors (Lipinski definition) is 18. The number of phenols is 1. The predicted octanol–water partition coefficient (Wildman–Crippen LogP) is -2.29. The van der Waals surface area contributed by atoms with E-state index < -0.39 is 187 Å².